The molecule has 2 amide bonds. The lowest BCUT2D eigenvalue weighted by molar-refractivity contribution is -0.143. The lowest BCUT2D eigenvalue weighted by atomic mass is 9.95. The average molecular weight is 284 g/mol. The topological polar surface area (TPSA) is 70.1 Å². The zero-order chi connectivity index (χ0) is 14.7. The third-order valence-corrected chi connectivity index (χ3v) is 4.50. The predicted octanol–water partition coefficient (Wildman–Crippen LogP) is 1.26. The molecular formula is C14H24N2O4. The molecule has 3 atom stereocenters. The van der Waals surface area contributed by atoms with Crippen LogP contribution in [0.15, 0.2) is 0 Å². The number of carbonyl (C=O) groups is 2. The largest absolute Gasteiger partial charge is 0.481 e. The SMILES string of the molecule is COC1CN(C(=O)N2CCCC(C(=O)O)C2)CCC1C. The van der Waals surface area contributed by atoms with Crippen LogP contribution >= 0.6 is 0 Å². The zero-order valence-electron chi connectivity index (χ0n) is 12.2. The highest BCUT2D eigenvalue weighted by Gasteiger charge is 2.34. The van der Waals surface area contributed by atoms with Crippen LogP contribution in [0.1, 0.15) is 26.2 Å². The molecule has 0 spiro atoms. The van der Waals surface area contributed by atoms with Crippen LogP contribution in [0.5, 0.6) is 0 Å². The number of hydrogen-bond donors (Lipinski definition) is 1. The summed E-state index contributed by atoms with van der Waals surface area (Å²) in [4.78, 5) is 27.1. The molecule has 0 radical (unpaired) electrons. The molecule has 0 aromatic rings. The van der Waals surface area contributed by atoms with E-state index in [0.717, 1.165) is 19.4 Å². The number of amides is 2. The van der Waals surface area contributed by atoms with E-state index in [1.165, 1.54) is 0 Å². The van der Waals surface area contributed by atoms with Crippen molar-refractivity contribution in [1.29, 1.82) is 0 Å². The second-order valence-electron chi connectivity index (χ2n) is 5.89. The summed E-state index contributed by atoms with van der Waals surface area (Å²) in [6.45, 7) is 4.46. The molecule has 2 aliphatic heterocycles. The van der Waals surface area contributed by atoms with Gasteiger partial charge in [-0.2, -0.15) is 0 Å². The molecule has 0 aliphatic carbocycles. The number of piperidine rings is 2. The Kier molecular flexibility index (Phi) is 4.86. The van der Waals surface area contributed by atoms with Crippen molar-refractivity contribution in [3.8, 4) is 0 Å². The molecule has 3 unspecified atom stereocenters. The maximum absolute atomic E-state index is 12.5. The summed E-state index contributed by atoms with van der Waals surface area (Å²) in [7, 11) is 1.68. The summed E-state index contributed by atoms with van der Waals surface area (Å²) in [6.07, 6.45) is 2.44. The zero-order valence-corrected chi connectivity index (χ0v) is 12.2. The van der Waals surface area contributed by atoms with Crippen molar-refractivity contribution in [2.24, 2.45) is 11.8 Å². The van der Waals surface area contributed by atoms with Crippen LogP contribution < -0.4 is 0 Å². The number of rotatable bonds is 2. The minimum absolute atomic E-state index is 0.0371. The summed E-state index contributed by atoms with van der Waals surface area (Å²) >= 11 is 0. The average Bonchev–Trinajstić information content (AvgIpc) is 2.47. The molecule has 0 aromatic heterocycles. The molecule has 114 valence electrons. The number of hydrogen-bond acceptors (Lipinski definition) is 3. The van der Waals surface area contributed by atoms with E-state index in [4.69, 9.17) is 9.84 Å². The second-order valence-corrected chi connectivity index (χ2v) is 5.89. The van der Waals surface area contributed by atoms with Gasteiger partial charge in [-0.1, -0.05) is 6.92 Å². The highest BCUT2D eigenvalue weighted by Crippen LogP contribution is 2.23. The van der Waals surface area contributed by atoms with Gasteiger partial charge >= 0.3 is 12.0 Å². The number of carboxylic acid groups (broad SMARTS) is 1. The highest BCUT2D eigenvalue weighted by atomic mass is 16.5. The summed E-state index contributed by atoms with van der Waals surface area (Å²) in [5.41, 5.74) is 0. The Morgan fingerprint density at radius 2 is 1.85 bits per heavy atom. The molecule has 2 heterocycles. The Bertz CT molecular complexity index is 374. The third-order valence-electron chi connectivity index (χ3n) is 4.50. The van der Waals surface area contributed by atoms with Crippen molar-refractivity contribution in [2.45, 2.75) is 32.3 Å². The smallest absolute Gasteiger partial charge is 0.320 e. The molecule has 0 saturated carbocycles. The fourth-order valence-electron chi connectivity index (χ4n) is 3.07. The number of carbonyl (C=O) groups excluding carboxylic acids is 1. The number of methoxy groups -OCH3 is 1. The van der Waals surface area contributed by atoms with Crippen LogP contribution in [0.4, 0.5) is 4.79 Å². The van der Waals surface area contributed by atoms with E-state index in [1.807, 2.05) is 0 Å². The normalized spacial score (nSPS) is 31.2. The first-order valence-corrected chi connectivity index (χ1v) is 7.32. The minimum Gasteiger partial charge on any atom is -0.481 e. The van der Waals surface area contributed by atoms with E-state index < -0.39 is 11.9 Å². The summed E-state index contributed by atoms with van der Waals surface area (Å²) in [5.74, 6) is -0.767. The first-order valence-electron chi connectivity index (χ1n) is 7.32. The first-order chi connectivity index (χ1) is 9.52. The maximum Gasteiger partial charge on any atom is 0.320 e. The fourth-order valence-corrected chi connectivity index (χ4v) is 3.07. The molecular weight excluding hydrogens is 260 g/mol. The first kappa shape index (κ1) is 15.1. The third kappa shape index (κ3) is 3.23. The molecule has 2 saturated heterocycles. The molecule has 6 nitrogen and oxygen atoms in total. The molecule has 0 aromatic carbocycles. The quantitative estimate of drug-likeness (QED) is 0.828. The standard InChI is InChI=1S/C14H24N2O4/c1-10-5-7-16(9-12(10)20-2)14(19)15-6-3-4-11(8-15)13(17)18/h10-12H,3-9H2,1-2H3,(H,17,18). The van der Waals surface area contributed by atoms with Crippen molar-refractivity contribution in [3.05, 3.63) is 0 Å². The van der Waals surface area contributed by atoms with Crippen molar-refractivity contribution in [2.75, 3.05) is 33.3 Å². The van der Waals surface area contributed by atoms with Gasteiger partial charge in [-0.15, -0.1) is 0 Å². The molecule has 0 bridgehead atoms. The lowest BCUT2D eigenvalue weighted by Crippen LogP contribution is -2.54. The Morgan fingerprint density at radius 3 is 2.50 bits per heavy atom. The van der Waals surface area contributed by atoms with Gasteiger partial charge in [0.05, 0.1) is 12.0 Å². The van der Waals surface area contributed by atoms with Crippen molar-refractivity contribution in [1.82, 2.24) is 9.80 Å². The van der Waals surface area contributed by atoms with Gasteiger partial charge in [-0.05, 0) is 25.2 Å². The van der Waals surface area contributed by atoms with Gasteiger partial charge < -0.3 is 19.6 Å². The minimum atomic E-state index is -0.801. The molecule has 2 aliphatic rings. The van der Waals surface area contributed by atoms with Crippen LogP contribution in [0.3, 0.4) is 0 Å². The number of urea groups is 1. The highest BCUT2D eigenvalue weighted by molar-refractivity contribution is 5.76. The number of carboxylic acids is 1. The van der Waals surface area contributed by atoms with Gasteiger partial charge in [0, 0.05) is 33.3 Å². The van der Waals surface area contributed by atoms with Crippen LogP contribution in [-0.4, -0.2) is 66.3 Å². The Hall–Kier alpha value is -1.30. The van der Waals surface area contributed by atoms with Crippen LogP contribution in [0.25, 0.3) is 0 Å². The van der Waals surface area contributed by atoms with Gasteiger partial charge in [0.2, 0.25) is 0 Å². The molecule has 1 N–H and O–H groups in total. The number of aliphatic carboxylic acids is 1. The van der Waals surface area contributed by atoms with Gasteiger partial charge in [-0.25, -0.2) is 4.79 Å². The maximum atomic E-state index is 12.5. The molecule has 6 heteroatoms. The van der Waals surface area contributed by atoms with Gasteiger partial charge in [0.15, 0.2) is 0 Å². The molecule has 2 fully saturated rings. The summed E-state index contributed by atoms with van der Waals surface area (Å²) in [6, 6.07) is -0.0371. The monoisotopic (exact) mass is 284 g/mol. The number of likely N-dealkylation sites (tertiary alicyclic amines) is 2. The molecule has 2 rings (SSSR count). The van der Waals surface area contributed by atoms with Gasteiger partial charge in [-0.3, -0.25) is 4.79 Å². The van der Waals surface area contributed by atoms with Crippen molar-refractivity contribution in [3.63, 3.8) is 0 Å². The van der Waals surface area contributed by atoms with E-state index >= 15 is 0 Å². The van der Waals surface area contributed by atoms with E-state index in [-0.39, 0.29) is 12.1 Å². The van der Waals surface area contributed by atoms with Crippen LogP contribution in [-0.2, 0) is 9.53 Å². The van der Waals surface area contributed by atoms with Crippen LogP contribution in [0, 0.1) is 11.8 Å². The van der Waals surface area contributed by atoms with Crippen molar-refractivity contribution < 1.29 is 19.4 Å². The Labute approximate surface area is 119 Å². The van der Waals surface area contributed by atoms with E-state index in [0.29, 0.717) is 32.0 Å². The Morgan fingerprint density at radius 1 is 1.15 bits per heavy atom. The summed E-state index contributed by atoms with van der Waals surface area (Å²) < 4.78 is 5.42. The predicted molar refractivity (Wildman–Crippen MR) is 73.5 cm³/mol. The Balaban J connectivity index is 1.95. The van der Waals surface area contributed by atoms with Crippen molar-refractivity contribution >= 4 is 12.0 Å². The summed E-state index contributed by atoms with van der Waals surface area (Å²) in [5, 5.41) is 9.09. The van der Waals surface area contributed by atoms with E-state index in [2.05, 4.69) is 6.92 Å². The number of ether oxygens (including phenoxy) is 1. The van der Waals surface area contributed by atoms with Gasteiger partial charge in [0.25, 0.3) is 0 Å². The van der Waals surface area contributed by atoms with E-state index in [9.17, 15) is 9.59 Å². The van der Waals surface area contributed by atoms with E-state index in [1.54, 1.807) is 16.9 Å². The van der Waals surface area contributed by atoms with Gasteiger partial charge in [0.1, 0.15) is 0 Å². The molecule has 20 heavy (non-hydrogen) atoms. The fraction of sp³-hybridized carbons (Fsp3) is 0.857. The number of nitrogens with zero attached hydrogens (tertiary/aromatic N) is 2. The lowest BCUT2D eigenvalue weighted by Gasteiger charge is -2.40. The van der Waals surface area contributed by atoms with Crippen LogP contribution in [0.2, 0.25) is 0 Å². The second kappa shape index (κ2) is 6.43.